The highest BCUT2D eigenvalue weighted by molar-refractivity contribution is 5.85. The Kier molecular flexibility index (Phi) is 6.49. The Morgan fingerprint density at radius 3 is 2.71 bits per heavy atom. The number of halogens is 2. The molecule has 4 rings (SSSR count). The van der Waals surface area contributed by atoms with Crippen molar-refractivity contribution < 1.29 is 4.79 Å². The number of nitrogens with zero attached hydrogens (tertiary/aromatic N) is 2. The van der Waals surface area contributed by atoms with Gasteiger partial charge in [0.15, 0.2) is 0 Å². The molecule has 0 spiro atoms. The van der Waals surface area contributed by atoms with Gasteiger partial charge in [0.05, 0.1) is 6.04 Å². The first-order valence-electron chi connectivity index (χ1n) is 8.27. The number of rotatable bonds is 2. The first-order valence-corrected chi connectivity index (χ1v) is 8.27. The van der Waals surface area contributed by atoms with E-state index in [9.17, 15) is 4.79 Å². The summed E-state index contributed by atoms with van der Waals surface area (Å²) in [5.41, 5.74) is 2.32. The van der Waals surface area contributed by atoms with E-state index in [-0.39, 0.29) is 30.9 Å². The van der Waals surface area contributed by atoms with Crippen LogP contribution in [0.4, 0.5) is 0 Å². The van der Waals surface area contributed by atoms with Gasteiger partial charge >= 0.3 is 0 Å². The molecule has 2 aliphatic heterocycles. The Morgan fingerprint density at radius 1 is 1.21 bits per heavy atom. The van der Waals surface area contributed by atoms with Crippen molar-refractivity contribution in [3.05, 3.63) is 30.1 Å². The normalized spacial score (nSPS) is 21.3. The van der Waals surface area contributed by atoms with Crippen LogP contribution in [0.15, 0.2) is 24.5 Å². The quantitative estimate of drug-likeness (QED) is 0.854. The summed E-state index contributed by atoms with van der Waals surface area (Å²) in [6.07, 6.45) is 8.11. The van der Waals surface area contributed by atoms with Gasteiger partial charge in [-0.3, -0.25) is 4.79 Å². The summed E-state index contributed by atoms with van der Waals surface area (Å²) in [5, 5.41) is 4.54. The molecule has 0 aromatic carbocycles. The third kappa shape index (κ3) is 3.53. The van der Waals surface area contributed by atoms with Gasteiger partial charge < -0.3 is 15.2 Å². The molecular weight excluding hydrogens is 347 g/mol. The van der Waals surface area contributed by atoms with Crippen LogP contribution in [0.1, 0.15) is 37.2 Å². The molecule has 24 heavy (non-hydrogen) atoms. The number of pyridine rings is 1. The average Bonchev–Trinajstić information content (AvgIpc) is 3.24. The second kappa shape index (κ2) is 8.19. The van der Waals surface area contributed by atoms with Crippen molar-refractivity contribution in [1.82, 2.24) is 20.2 Å². The van der Waals surface area contributed by atoms with E-state index >= 15 is 0 Å². The molecular formula is C17H24Cl2N4O. The van der Waals surface area contributed by atoms with E-state index in [1.54, 1.807) is 0 Å². The van der Waals surface area contributed by atoms with Gasteiger partial charge in [0.25, 0.3) is 0 Å². The van der Waals surface area contributed by atoms with Crippen molar-refractivity contribution in [3.8, 4) is 0 Å². The lowest BCUT2D eigenvalue weighted by atomic mass is 9.89. The summed E-state index contributed by atoms with van der Waals surface area (Å²) in [4.78, 5) is 22.1. The van der Waals surface area contributed by atoms with Gasteiger partial charge in [-0.15, -0.1) is 24.8 Å². The van der Waals surface area contributed by atoms with Gasteiger partial charge in [0.1, 0.15) is 5.65 Å². The predicted octanol–water partition coefficient (Wildman–Crippen LogP) is 2.86. The standard InChI is InChI=1S/C17H22N4O.2ClH/c22-17(15-4-2-7-18-15)21-9-5-12(6-10-21)14-11-20-16-13(14)3-1-8-19-16;;/h1,3,8,11-12,15,18H,2,4-7,9-10H2,(H,19,20);2*1H. The van der Waals surface area contributed by atoms with E-state index in [1.165, 1.54) is 10.9 Å². The number of likely N-dealkylation sites (tertiary alicyclic amines) is 1. The van der Waals surface area contributed by atoms with Crippen LogP contribution in [-0.2, 0) is 4.79 Å². The number of hydrogen-bond donors (Lipinski definition) is 2. The van der Waals surface area contributed by atoms with Crippen LogP contribution in [0.2, 0.25) is 0 Å². The van der Waals surface area contributed by atoms with Gasteiger partial charge in [0, 0.05) is 30.9 Å². The minimum Gasteiger partial charge on any atom is -0.346 e. The smallest absolute Gasteiger partial charge is 0.239 e. The largest absolute Gasteiger partial charge is 0.346 e. The first-order chi connectivity index (χ1) is 10.8. The molecule has 0 aliphatic carbocycles. The van der Waals surface area contributed by atoms with Crippen LogP contribution in [0, 0.1) is 0 Å². The molecule has 0 radical (unpaired) electrons. The monoisotopic (exact) mass is 370 g/mol. The fourth-order valence-corrected chi connectivity index (χ4v) is 3.84. The van der Waals surface area contributed by atoms with Crippen LogP contribution in [0.3, 0.4) is 0 Å². The third-order valence-electron chi connectivity index (χ3n) is 5.09. The summed E-state index contributed by atoms with van der Waals surface area (Å²) in [7, 11) is 0. The molecule has 2 N–H and O–H groups in total. The van der Waals surface area contributed by atoms with E-state index in [2.05, 4.69) is 27.5 Å². The fourth-order valence-electron chi connectivity index (χ4n) is 3.84. The topological polar surface area (TPSA) is 61.0 Å². The molecule has 2 fully saturated rings. The van der Waals surface area contributed by atoms with Crippen LogP contribution in [0.5, 0.6) is 0 Å². The van der Waals surface area contributed by atoms with Gasteiger partial charge in [-0.25, -0.2) is 4.98 Å². The van der Waals surface area contributed by atoms with Crippen LogP contribution in [0.25, 0.3) is 11.0 Å². The number of H-pyrrole nitrogens is 1. The van der Waals surface area contributed by atoms with Crippen LogP contribution in [-0.4, -0.2) is 46.5 Å². The lowest BCUT2D eigenvalue weighted by molar-refractivity contribution is -0.134. The molecule has 1 amide bonds. The molecule has 2 aromatic heterocycles. The maximum atomic E-state index is 12.5. The number of amides is 1. The van der Waals surface area contributed by atoms with Crippen LogP contribution >= 0.6 is 24.8 Å². The van der Waals surface area contributed by atoms with Crippen LogP contribution < -0.4 is 5.32 Å². The van der Waals surface area contributed by atoms with E-state index < -0.39 is 0 Å². The molecule has 0 saturated carbocycles. The van der Waals surface area contributed by atoms with E-state index in [0.29, 0.717) is 11.8 Å². The van der Waals surface area contributed by atoms with Gasteiger partial charge in [-0.2, -0.15) is 0 Å². The van der Waals surface area contributed by atoms with Gasteiger partial charge in [-0.05, 0) is 55.8 Å². The van der Waals surface area contributed by atoms with E-state index in [4.69, 9.17) is 0 Å². The van der Waals surface area contributed by atoms with Crippen molar-refractivity contribution in [3.63, 3.8) is 0 Å². The maximum absolute atomic E-state index is 12.5. The Labute approximate surface area is 154 Å². The second-order valence-corrected chi connectivity index (χ2v) is 6.39. The molecule has 1 atom stereocenters. The number of fused-ring (bicyclic) bond motifs is 1. The first kappa shape index (κ1) is 19.0. The summed E-state index contributed by atoms with van der Waals surface area (Å²) < 4.78 is 0. The number of nitrogens with one attached hydrogen (secondary N) is 2. The summed E-state index contributed by atoms with van der Waals surface area (Å²) in [6.45, 7) is 2.72. The average molecular weight is 371 g/mol. The summed E-state index contributed by atoms with van der Waals surface area (Å²) in [5.74, 6) is 0.829. The summed E-state index contributed by atoms with van der Waals surface area (Å²) >= 11 is 0. The Balaban J connectivity index is 0.00000104. The van der Waals surface area contributed by atoms with Crippen molar-refractivity contribution >= 4 is 41.8 Å². The molecule has 2 saturated heterocycles. The SMILES string of the molecule is Cl.Cl.O=C(C1CCCN1)N1CCC(c2c[nH]c3ncccc23)CC1. The molecule has 2 aromatic rings. The molecule has 1 unspecified atom stereocenters. The zero-order chi connectivity index (χ0) is 14.9. The zero-order valence-corrected chi connectivity index (χ0v) is 15.2. The highest BCUT2D eigenvalue weighted by Crippen LogP contribution is 2.32. The number of carbonyl (C=O) groups excluding carboxylic acids is 1. The van der Waals surface area contributed by atoms with E-state index in [1.807, 2.05) is 17.2 Å². The Bertz CT molecular complexity index is 676. The molecule has 5 nitrogen and oxygen atoms in total. The second-order valence-electron chi connectivity index (χ2n) is 6.39. The van der Waals surface area contributed by atoms with Gasteiger partial charge in [-0.1, -0.05) is 0 Å². The fraction of sp³-hybridized carbons (Fsp3) is 0.529. The lowest BCUT2D eigenvalue weighted by Gasteiger charge is -2.33. The number of aromatic amines is 1. The zero-order valence-electron chi connectivity index (χ0n) is 13.5. The summed E-state index contributed by atoms with van der Waals surface area (Å²) in [6, 6.07) is 4.19. The number of hydrogen-bond acceptors (Lipinski definition) is 3. The highest BCUT2D eigenvalue weighted by atomic mass is 35.5. The molecule has 4 heterocycles. The van der Waals surface area contributed by atoms with Crippen molar-refractivity contribution in [2.75, 3.05) is 19.6 Å². The number of carbonyl (C=O) groups is 1. The van der Waals surface area contributed by atoms with Gasteiger partial charge in [0.2, 0.25) is 5.91 Å². The van der Waals surface area contributed by atoms with Crippen molar-refractivity contribution in [1.29, 1.82) is 0 Å². The predicted molar refractivity (Wildman–Crippen MR) is 100 cm³/mol. The Hall–Kier alpha value is -1.30. The third-order valence-corrected chi connectivity index (χ3v) is 5.09. The molecule has 2 aliphatic rings. The highest BCUT2D eigenvalue weighted by Gasteiger charge is 2.30. The van der Waals surface area contributed by atoms with E-state index in [0.717, 1.165) is 51.0 Å². The van der Waals surface area contributed by atoms with Crippen molar-refractivity contribution in [2.45, 2.75) is 37.6 Å². The van der Waals surface area contributed by atoms with Crippen molar-refractivity contribution in [2.24, 2.45) is 0 Å². The minimum atomic E-state index is 0. The number of piperidine rings is 1. The Morgan fingerprint density at radius 2 is 2.00 bits per heavy atom. The molecule has 132 valence electrons. The molecule has 0 bridgehead atoms. The number of aromatic nitrogens is 2. The lowest BCUT2D eigenvalue weighted by Crippen LogP contribution is -2.46. The maximum Gasteiger partial charge on any atom is 0.239 e. The molecule has 7 heteroatoms. The minimum absolute atomic E-state index is 0.